The van der Waals surface area contributed by atoms with E-state index in [1.165, 1.54) is 6.08 Å². The standard InChI is InChI=1S/C14H17NO4/c1-2-10-19-14(18)15-12(13(16)17)9-8-11-6-4-3-5-7-11/h2-7,12H,1,8-10H2,(H,15,18)(H,16,17). The summed E-state index contributed by atoms with van der Waals surface area (Å²) in [5.74, 6) is -1.08. The van der Waals surface area contributed by atoms with E-state index < -0.39 is 18.1 Å². The molecule has 19 heavy (non-hydrogen) atoms. The first kappa shape index (κ1) is 14.8. The van der Waals surface area contributed by atoms with Crippen LogP contribution < -0.4 is 5.32 Å². The monoisotopic (exact) mass is 263 g/mol. The second kappa shape index (κ2) is 7.92. The SMILES string of the molecule is C=CCOC(=O)NC(CCc1ccccc1)C(=O)O. The first-order valence-corrected chi connectivity index (χ1v) is 5.94. The van der Waals surface area contributed by atoms with Gasteiger partial charge in [-0.3, -0.25) is 0 Å². The van der Waals surface area contributed by atoms with Crippen LogP contribution in [0.25, 0.3) is 0 Å². The van der Waals surface area contributed by atoms with Crippen LogP contribution in [0.4, 0.5) is 4.79 Å². The predicted octanol–water partition coefficient (Wildman–Crippen LogP) is 1.98. The molecule has 1 aromatic carbocycles. The van der Waals surface area contributed by atoms with E-state index in [2.05, 4.69) is 11.9 Å². The summed E-state index contributed by atoms with van der Waals surface area (Å²) < 4.78 is 4.69. The van der Waals surface area contributed by atoms with Crippen LogP contribution in [0.5, 0.6) is 0 Å². The first-order valence-electron chi connectivity index (χ1n) is 5.94. The van der Waals surface area contributed by atoms with Crippen molar-refractivity contribution in [1.82, 2.24) is 5.32 Å². The molecular weight excluding hydrogens is 246 g/mol. The van der Waals surface area contributed by atoms with E-state index in [4.69, 9.17) is 9.84 Å². The zero-order chi connectivity index (χ0) is 14.1. The highest BCUT2D eigenvalue weighted by atomic mass is 16.5. The quantitative estimate of drug-likeness (QED) is 0.738. The number of carbonyl (C=O) groups is 2. The van der Waals surface area contributed by atoms with E-state index in [0.29, 0.717) is 12.8 Å². The largest absolute Gasteiger partial charge is 0.480 e. The Bertz CT molecular complexity index is 430. The Morgan fingerprint density at radius 3 is 2.63 bits per heavy atom. The molecule has 1 atom stereocenters. The molecule has 0 saturated heterocycles. The highest BCUT2D eigenvalue weighted by molar-refractivity contribution is 5.79. The van der Waals surface area contributed by atoms with E-state index in [9.17, 15) is 9.59 Å². The summed E-state index contributed by atoms with van der Waals surface area (Å²) >= 11 is 0. The average molecular weight is 263 g/mol. The van der Waals surface area contributed by atoms with E-state index >= 15 is 0 Å². The molecule has 0 radical (unpaired) electrons. The zero-order valence-corrected chi connectivity index (χ0v) is 10.5. The summed E-state index contributed by atoms with van der Waals surface area (Å²) in [6, 6.07) is 8.53. The van der Waals surface area contributed by atoms with Gasteiger partial charge in [-0.25, -0.2) is 9.59 Å². The van der Waals surface area contributed by atoms with Crippen LogP contribution in [0.2, 0.25) is 0 Å². The summed E-state index contributed by atoms with van der Waals surface area (Å²) in [6.45, 7) is 3.45. The van der Waals surface area contributed by atoms with Crippen LogP contribution >= 0.6 is 0 Å². The molecule has 102 valence electrons. The Morgan fingerprint density at radius 1 is 1.37 bits per heavy atom. The molecule has 0 spiro atoms. The zero-order valence-electron chi connectivity index (χ0n) is 10.5. The van der Waals surface area contributed by atoms with Crippen molar-refractivity contribution in [2.45, 2.75) is 18.9 Å². The summed E-state index contributed by atoms with van der Waals surface area (Å²) in [5, 5.41) is 11.3. The van der Waals surface area contributed by atoms with Gasteiger partial charge in [0, 0.05) is 0 Å². The summed E-state index contributed by atoms with van der Waals surface area (Å²) in [4.78, 5) is 22.3. The van der Waals surface area contributed by atoms with Gasteiger partial charge in [0.05, 0.1) is 0 Å². The molecule has 0 aliphatic heterocycles. The molecule has 0 fully saturated rings. The third-order valence-corrected chi connectivity index (χ3v) is 2.49. The van der Waals surface area contributed by atoms with Crippen LogP contribution in [-0.4, -0.2) is 29.8 Å². The normalized spacial score (nSPS) is 11.4. The number of hydrogen-bond acceptors (Lipinski definition) is 3. The fourth-order valence-corrected chi connectivity index (χ4v) is 1.53. The minimum atomic E-state index is -1.08. The Morgan fingerprint density at radius 2 is 2.05 bits per heavy atom. The van der Waals surface area contributed by atoms with Gasteiger partial charge in [0.1, 0.15) is 12.6 Å². The lowest BCUT2D eigenvalue weighted by Crippen LogP contribution is -2.41. The van der Waals surface area contributed by atoms with Crippen LogP contribution in [0.1, 0.15) is 12.0 Å². The van der Waals surface area contributed by atoms with Crippen molar-refractivity contribution in [2.75, 3.05) is 6.61 Å². The van der Waals surface area contributed by atoms with Gasteiger partial charge in [-0.05, 0) is 18.4 Å². The maximum Gasteiger partial charge on any atom is 0.408 e. The van der Waals surface area contributed by atoms with Crippen molar-refractivity contribution < 1.29 is 19.4 Å². The van der Waals surface area contributed by atoms with Gasteiger partial charge in [-0.2, -0.15) is 0 Å². The maximum absolute atomic E-state index is 11.3. The molecule has 0 bridgehead atoms. The van der Waals surface area contributed by atoms with E-state index in [-0.39, 0.29) is 6.61 Å². The Balaban J connectivity index is 2.47. The minimum absolute atomic E-state index is 0.0524. The number of alkyl carbamates (subject to hydrolysis) is 1. The van der Waals surface area contributed by atoms with E-state index in [0.717, 1.165) is 5.56 Å². The van der Waals surface area contributed by atoms with Crippen LogP contribution in [0, 0.1) is 0 Å². The number of rotatable bonds is 7. The lowest BCUT2D eigenvalue weighted by atomic mass is 10.1. The van der Waals surface area contributed by atoms with E-state index in [1.807, 2.05) is 30.3 Å². The molecule has 0 saturated carbocycles. The lowest BCUT2D eigenvalue weighted by Gasteiger charge is -2.14. The number of aliphatic carboxylic acids is 1. The fourth-order valence-electron chi connectivity index (χ4n) is 1.53. The van der Waals surface area contributed by atoms with Crippen molar-refractivity contribution in [3.05, 3.63) is 48.6 Å². The van der Waals surface area contributed by atoms with Crippen LogP contribution in [0.3, 0.4) is 0 Å². The van der Waals surface area contributed by atoms with Crippen LogP contribution in [0.15, 0.2) is 43.0 Å². The molecule has 2 N–H and O–H groups in total. The van der Waals surface area contributed by atoms with E-state index in [1.54, 1.807) is 0 Å². The smallest absolute Gasteiger partial charge is 0.408 e. The van der Waals surface area contributed by atoms with Crippen molar-refractivity contribution in [1.29, 1.82) is 0 Å². The van der Waals surface area contributed by atoms with Gasteiger partial charge in [0.15, 0.2) is 0 Å². The van der Waals surface area contributed by atoms with Gasteiger partial charge in [-0.1, -0.05) is 43.0 Å². The number of carbonyl (C=O) groups excluding carboxylic acids is 1. The molecule has 0 aliphatic carbocycles. The number of benzene rings is 1. The van der Waals surface area contributed by atoms with Crippen molar-refractivity contribution in [2.24, 2.45) is 0 Å². The molecule has 1 amide bonds. The van der Waals surface area contributed by atoms with Crippen molar-refractivity contribution in [3.8, 4) is 0 Å². The highest BCUT2D eigenvalue weighted by Gasteiger charge is 2.20. The lowest BCUT2D eigenvalue weighted by molar-refractivity contribution is -0.139. The Labute approximate surface area is 111 Å². The molecule has 5 heteroatoms. The van der Waals surface area contributed by atoms with Crippen LogP contribution in [-0.2, 0) is 16.0 Å². The molecule has 0 aromatic heterocycles. The van der Waals surface area contributed by atoms with Gasteiger partial charge in [0.2, 0.25) is 0 Å². The summed E-state index contributed by atoms with van der Waals surface area (Å²) in [5.41, 5.74) is 1.02. The highest BCUT2D eigenvalue weighted by Crippen LogP contribution is 2.05. The minimum Gasteiger partial charge on any atom is -0.480 e. The number of aryl methyl sites for hydroxylation is 1. The summed E-state index contributed by atoms with van der Waals surface area (Å²) in [6.07, 6.45) is 1.54. The number of carboxylic acids is 1. The average Bonchev–Trinajstić information content (AvgIpc) is 2.42. The second-order valence-corrected chi connectivity index (χ2v) is 3.95. The Kier molecular flexibility index (Phi) is 6.15. The number of carboxylic acid groups (broad SMARTS) is 1. The summed E-state index contributed by atoms with van der Waals surface area (Å²) in [7, 11) is 0. The molecule has 1 aromatic rings. The third-order valence-electron chi connectivity index (χ3n) is 2.49. The van der Waals surface area contributed by atoms with Gasteiger partial charge >= 0.3 is 12.1 Å². The fraction of sp³-hybridized carbons (Fsp3) is 0.286. The number of nitrogens with one attached hydrogen (secondary N) is 1. The number of ether oxygens (including phenoxy) is 1. The van der Waals surface area contributed by atoms with Crippen molar-refractivity contribution >= 4 is 12.1 Å². The molecule has 1 rings (SSSR count). The molecule has 5 nitrogen and oxygen atoms in total. The third kappa shape index (κ3) is 5.72. The first-order chi connectivity index (χ1) is 9.13. The van der Waals surface area contributed by atoms with Gasteiger partial charge in [-0.15, -0.1) is 0 Å². The molecular formula is C14H17NO4. The molecule has 0 heterocycles. The Hall–Kier alpha value is -2.30. The second-order valence-electron chi connectivity index (χ2n) is 3.95. The predicted molar refractivity (Wildman–Crippen MR) is 70.9 cm³/mol. The molecule has 1 unspecified atom stereocenters. The van der Waals surface area contributed by atoms with Gasteiger partial charge < -0.3 is 15.2 Å². The van der Waals surface area contributed by atoms with Gasteiger partial charge in [0.25, 0.3) is 0 Å². The number of amides is 1. The maximum atomic E-state index is 11.3. The number of hydrogen-bond donors (Lipinski definition) is 2. The van der Waals surface area contributed by atoms with Crippen molar-refractivity contribution in [3.63, 3.8) is 0 Å². The topological polar surface area (TPSA) is 75.6 Å². The molecule has 0 aliphatic rings.